The largest absolute Gasteiger partial charge is 0.388 e. The van der Waals surface area contributed by atoms with Crippen LogP contribution in [-0.2, 0) is 0 Å². The SMILES string of the molecule is NC(=S)c1cc(Nc2cccc3cnccc23)ccn1. The maximum Gasteiger partial charge on any atom is 0.122 e. The van der Waals surface area contributed by atoms with Crippen LogP contribution in [0.5, 0.6) is 0 Å². The number of hydrogen-bond donors (Lipinski definition) is 2. The fraction of sp³-hybridized carbons (Fsp3) is 0. The van der Waals surface area contributed by atoms with E-state index >= 15 is 0 Å². The molecule has 0 bridgehead atoms. The Balaban J connectivity index is 2.01. The molecular formula is C15H12N4S. The van der Waals surface area contributed by atoms with Crippen LogP contribution in [0.1, 0.15) is 5.69 Å². The second kappa shape index (κ2) is 5.22. The molecule has 2 heterocycles. The molecule has 4 nitrogen and oxygen atoms in total. The van der Waals surface area contributed by atoms with E-state index in [4.69, 9.17) is 18.0 Å². The summed E-state index contributed by atoms with van der Waals surface area (Å²) in [6, 6.07) is 11.7. The number of thiocarbonyl (C=S) groups is 1. The molecule has 98 valence electrons. The predicted molar refractivity (Wildman–Crippen MR) is 85.2 cm³/mol. The lowest BCUT2D eigenvalue weighted by Crippen LogP contribution is -2.11. The molecule has 0 saturated heterocycles. The predicted octanol–water partition coefficient (Wildman–Crippen LogP) is 3.01. The number of aromatic nitrogens is 2. The molecule has 2 aromatic heterocycles. The van der Waals surface area contributed by atoms with Gasteiger partial charge in [-0.15, -0.1) is 0 Å². The van der Waals surface area contributed by atoms with E-state index in [0.29, 0.717) is 5.69 Å². The number of nitrogens with two attached hydrogens (primary N) is 1. The Bertz CT molecular complexity index is 780. The molecule has 0 aliphatic rings. The van der Waals surface area contributed by atoms with Gasteiger partial charge in [-0.1, -0.05) is 24.4 Å². The molecule has 20 heavy (non-hydrogen) atoms. The third kappa shape index (κ3) is 2.44. The van der Waals surface area contributed by atoms with Crippen LogP contribution in [0, 0.1) is 0 Å². The van der Waals surface area contributed by atoms with Crippen LogP contribution in [0.15, 0.2) is 55.0 Å². The number of rotatable bonds is 3. The minimum absolute atomic E-state index is 0.288. The first-order valence-corrected chi connectivity index (χ1v) is 6.50. The van der Waals surface area contributed by atoms with Gasteiger partial charge in [0.1, 0.15) is 4.99 Å². The van der Waals surface area contributed by atoms with Gasteiger partial charge in [-0.3, -0.25) is 9.97 Å². The van der Waals surface area contributed by atoms with E-state index in [1.165, 1.54) is 0 Å². The molecule has 3 rings (SSSR count). The molecule has 3 aromatic rings. The fourth-order valence-corrected chi connectivity index (χ4v) is 2.14. The highest BCUT2D eigenvalue weighted by molar-refractivity contribution is 7.80. The Kier molecular flexibility index (Phi) is 3.26. The van der Waals surface area contributed by atoms with Gasteiger partial charge in [0.15, 0.2) is 0 Å². The molecule has 0 fully saturated rings. The summed E-state index contributed by atoms with van der Waals surface area (Å²) in [6.45, 7) is 0. The second-order valence-corrected chi connectivity index (χ2v) is 4.76. The van der Waals surface area contributed by atoms with Crippen molar-refractivity contribution in [1.82, 2.24) is 9.97 Å². The average molecular weight is 280 g/mol. The molecule has 0 radical (unpaired) electrons. The highest BCUT2D eigenvalue weighted by Crippen LogP contribution is 2.25. The third-order valence-corrected chi connectivity index (χ3v) is 3.18. The average Bonchev–Trinajstić information content (AvgIpc) is 2.48. The Morgan fingerprint density at radius 2 is 2.05 bits per heavy atom. The molecular weight excluding hydrogens is 268 g/mol. The Labute approximate surface area is 121 Å². The third-order valence-electron chi connectivity index (χ3n) is 2.97. The van der Waals surface area contributed by atoms with Crippen LogP contribution < -0.4 is 11.1 Å². The van der Waals surface area contributed by atoms with E-state index in [-0.39, 0.29) is 4.99 Å². The monoisotopic (exact) mass is 280 g/mol. The summed E-state index contributed by atoms with van der Waals surface area (Å²) in [5.41, 5.74) is 8.10. The lowest BCUT2D eigenvalue weighted by atomic mass is 10.1. The van der Waals surface area contributed by atoms with Crippen molar-refractivity contribution < 1.29 is 0 Å². The van der Waals surface area contributed by atoms with Crippen molar-refractivity contribution in [2.24, 2.45) is 5.73 Å². The maximum atomic E-state index is 5.60. The van der Waals surface area contributed by atoms with Crippen molar-refractivity contribution >= 4 is 39.4 Å². The van der Waals surface area contributed by atoms with Crippen molar-refractivity contribution in [3.8, 4) is 0 Å². The summed E-state index contributed by atoms with van der Waals surface area (Å²) >= 11 is 4.94. The molecule has 1 aromatic carbocycles. The summed E-state index contributed by atoms with van der Waals surface area (Å²) in [5.74, 6) is 0. The van der Waals surface area contributed by atoms with E-state index in [1.54, 1.807) is 12.4 Å². The van der Waals surface area contributed by atoms with Crippen LogP contribution in [0.25, 0.3) is 10.8 Å². The lowest BCUT2D eigenvalue weighted by Gasteiger charge is -2.10. The topological polar surface area (TPSA) is 63.8 Å². The second-order valence-electron chi connectivity index (χ2n) is 4.32. The molecule has 0 amide bonds. The molecule has 3 N–H and O–H groups in total. The first-order valence-electron chi connectivity index (χ1n) is 6.10. The number of pyridine rings is 2. The molecule has 0 atom stereocenters. The van der Waals surface area contributed by atoms with Crippen LogP contribution in [-0.4, -0.2) is 15.0 Å². The van der Waals surface area contributed by atoms with Crippen LogP contribution in [0.2, 0.25) is 0 Å². The summed E-state index contributed by atoms with van der Waals surface area (Å²) in [6.07, 6.45) is 5.30. The van der Waals surface area contributed by atoms with Crippen molar-refractivity contribution in [2.75, 3.05) is 5.32 Å². The van der Waals surface area contributed by atoms with E-state index < -0.39 is 0 Å². The summed E-state index contributed by atoms with van der Waals surface area (Å²) in [5, 5.41) is 5.55. The van der Waals surface area contributed by atoms with Gasteiger partial charge in [0.05, 0.1) is 5.69 Å². The van der Waals surface area contributed by atoms with Gasteiger partial charge in [0, 0.05) is 40.7 Å². The zero-order valence-corrected chi connectivity index (χ0v) is 11.4. The summed E-state index contributed by atoms with van der Waals surface area (Å²) in [7, 11) is 0. The molecule has 0 aliphatic heterocycles. The maximum absolute atomic E-state index is 5.60. The van der Waals surface area contributed by atoms with Gasteiger partial charge >= 0.3 is 0 Å². The van der Waals surface area contributed by atoms with Crippen LogP contribution >= 0.6 is 12.2 Å². The first kappa shape index (κ1) is 12.5. The van der Waals surface area contributed by atoms with E-state index in [2.05, 4.69) is 15.3 Å². The van der Waals surface area contributed by atoms with E-state index in [0.717, 1.165) is 22.1 Å². The van der Waals surface area contributed by atoms with Crippen molar-refractivity contribution in [3.05, 3.63) is 60.7 Å². The zero-order valence-electron chi connectivity index (χ0n) is 10.6. The summed E-state index contributed by atoms with van der Waals surface area (Å²) in [4.78, 5) is 8.54. The number of nitrogens with zero attached hydrogens (tertiary/aromatic N) is 2. The minimum atomic E-state index is 0.288. The zero-order chi connectivity index (χ0) is 13.9. The van der Waals surface area contributed by atoms with Gasteiger partial charge < -0.3 is 11.1 Å². The fourth-order valence-electron chi connectivity index (χ4n) is 2.03. The standard InChI is InChI=1S/C15H12N4S/c16-15(20)14-8-11(4-7-18-14)19-13-3-1-2-10-9-17-6-5-12(10)13/h1-9H,(H2,16,20)(H,18,19). The Morgan fingerprint density at radius 3 is 2.90 bits per heavy atom. The van der Waals surface area contributed by atoms with Crippen molar-refractivity contribution in [3.63, 3.8) is 0 Å². The van der Waals surface area contributed by atoms with Crippen LogP contribution in [0.4, 0.5) is 11.4 Å². The van der Waals surface area contributed by atoms with Gasteiger partial charge in [-0.2, -0.15) is 0 Å². The highest BCUT2D eigenvalue weighted by atomic mass is 32.1. The van der Waals surface area contributed by atoms with Gasteiger partial charge in [-0.05, 0) is 24.3 Å². The normalized spacial score (nSPS) is 10.4. The van der Waals surface area contributed by atoms with E-state index in [1.807, 2.05) is 42.6 Å². The van der Waals surface area contributed by atoms with E-state index in [9.17, 15) is 0 Å². The Morgan fingerprint density at radius 1 is 1.15 bits per heavy atom. The molecule has 5 heteroatoms. The number of fused-ring (bicyclic) bond motifs is 1. The number of benzene rings is 1. The van der Waals surface area contributed by atoms with Gasteiger partial charge in [-0.25, -0.2) is 0 Å². The van der Waals surface area contributed by atoms with Crippen molar-refractivity contribution in [1.29, 1.82) is 0 Å². The minimum Gasteiger partial charge on any atom is -0.388 e. The highest BCUT2D eigenvalue weighted by Gasteiger charge is 2.03. The number of anilines is 2. The van der Waals surface area contributed by atoms with Crippen LogP contribution in [0.3, 0.4) is 0 Å². The quantitative estimate of drug-likeness (QED) is 0.722. The number of nitrogens with one attached hydrogen (secondary N) is 1. The summed E-state index contributed by atoms with van der Waals surface area (Å²) < 4.78 is 0. The Hall–Kier alpha value is -2.53. The first-order chi connectivity index (χ1) is 9.74. The molecule has 0 unspecified atom stereocenters. The van der Waals surface area contributed by atoms with Crippen molar-refractivity contribution in [2.45, 2.75) is 0 Å². The van der Waals surface area contributed by atoms with Gasteiger partial charge in [0.25, 0.3) is 0 Å². The number of hydrogen-bond acceptors (Lipinski definition) is 4. The smallest absolute Gasteiger partial charge is 0.122 e. The lowest BCUT2D eigenvalue weighted by molar-refractivity contribution is 1.29. The molecule has 0 saturated carbocycles. The van der Waals surface area contributed by atoms with Gasteiger partial charge in [0.2, 0.25) is 0 Å². The molecule has 0 spiro atoms. The molecule has 0 aliphatic carbocycles.